The monoisotopic (exact) mass is 341 g/mol. The van der Waals surface area contributed by atoms with Gasteiger partial charge in [0.2, 0.25) is 11.8 Å². The number of likely N-dealkylation sites (N-methyl/N-ethyl adjacent to an activating group) is 1. The number of carbonyl (C=O) groups is 2. The van der Waals surface area contributed by atoms with Crippen molar-refractivity contribution >= 4 is 23.6 Å². The summed E-state index contributed by atoms with van der Waals surface area (Å²) < 4.78 is 0. The molecule has 0 radical (unpaired) electrons. The van der Waals surface area contributed by atoms with Crippen molar-refractivity contribution < 1.29 is 9.59 Å². The number of amides is 2. The maximum atomic E-state index is 12.5. The molecule has 2 aliphatic rings. The highest BCUT2D eigenvalue weighted by atomic mass is 32.2. The second-order valence-electron chi connectivity index (χ2n) is 6.75. The van der Waals surface area contributed by atoms with E-state index in [0.29, 0.717) is 0 Å². The lowest BCUT2D eigenvalue weighted by Gasteiger charge is -2.44. The lowest BCUT2D eigenvalue weighted by molar-refractivity contribution is -0.139. The van der Waals surface area contributed by atoms with Gasteiger partial charge >= 0.3 is 0 Å². The first kappa shape index (κ1) is 18.6. The van der Waals surface area contributed by atoms with Crippen LogP contribution in [0.3, 0.4) is 0 Å². The van der Waals surface area contributed by atoms with Crippen LogP contribution in [0.4, 0.5) is 0 Å². The molecular weight excluding hydrogens is 310 g/mol. The average Bonchev–Trinajstić information content (AvgIpc) is 2.79. The molecule has 2 aliphatic heterocycles. The fraction of sp³-hybridized carbons (Fsp3) is 0.882. The molecule has 0 saturated carbocycles. The van der Waals surface area contributed by atoms with Crippen molar-refractivity contribution in [2.75, 3.05) is 32.1 Å². The minimum absolute atomic E-state index is 0.0614. The van der Waals surface area contributed by atoms with Crippen LogP contribution in [0.1, 0.15) is 46.0 Å². The molecule has 6 heteroatoms. The van der Waals surface area contributed by atoms with Crippen molar-refractivity contribution in [2.24, 2.45) is 5.92 Å². The summed E-state index contributed by atoms with van der Waals surface area (Å²) in [4.78, 5) is 28.9. The molecule has 1 N–H and O–H groups in total. The molecule has 0 aromatic heterocycles. The van der Waals surface area contributed by atoms with Crippen LogP contribution in [0.2, 0.25) is 0 Å². The summed E-state index contributed by atoms with van der Waals surface area (Å²) in [5, 5.41) is 3.58. The van der Waals surface area contributed by atoms with Crippen molar-refractivity contribution in [2.45, 2.75) is 57.7 Å². The molecule has 2 saturated heterocycles. The number of piperidine rings is 1. The number of nitrogens with one attached hydrogen (secondary N) is 1. The second-order valence-corrected chi connectivity index (χ2v) is 7.73. The van der Waals surface area contributed by atoms with Crippen LogP contribution in [-0.4, -0.2) is 65.5 Å². The number of hydrogen-bond donors (Lipinski definition) is 1. The highest BCUT2D eigenvalue weighted by Gasteiger charge is 2.49. The van der Waals surface area contributed by atoms with Crippen molar-refractivity contribution in [1.29, 1.82) is 0 Å². The van der Waals surface area contributed by atoms with Crippen LogP contribution >= 0.6 is 11.8 Å². The topological polar surface area (TPSA) is 52.7 Å². The van der Waals surface area contributed by atoms with Crippen molar-refractivity contribution in [3.63, 3.8) is 0 Å². The summed E-state index contributed by atoms with van der Waals surface area (Å²) in [5.74, 6) is 1.64. The minimum Gasteiger partial charge on any atom is -0.342 e. The molecule has 1 unspecified atom stereocenters. The Morgan fingerprint density at radius 3 is 2.48 bits per heavy atom. The van der Waals surface area contributed by atoms with Gasteiger partial charge in [0, 0.05) is 38.9 Å². The number of rotatable bonds is 6. The van der Waals surface area contributed by atoms with Gasteiger partial charge in [-0.2, -0.15) is 11.8 Å². The van der Waals surface area contributed by atoms with E-state index in [2.05, 4.69) is 25.4 Å². The third-order valence-corrected chi connectivity index (χ3v) is 6.21. The predicted molar refractivity (Wildman–Crippen MR) is 95.3 cm³/mol. The molecule has 1 atom stereocenters. The molecule has 0 aromatic rings. The van der Waals surface area contributed by atoms with Crippen LogP contribution in [0.15, 0.2) is 0 Å². The molecule has 0 bridgehead atoms. The molecule has 2 amide bonds. The molecule has 132 valence electrons. The van der Waals surface area contributed by atoms with E-state index in [4.69, 9.17) is 0 Å². The zero-order chi connectivity index (χ0) is 17.0. The smallest absolute Gasteiger partial charge is 0.241 e. The number of likely N-dealkylation sites (tertiary alicyclic amines) is 1. The van der Waals surface area contributed by atoms with E-state index in [0.717, 1.165) is 50.9 Å². The Labute approximate surface area is 144 Å². The Morgan fingerprint density at radius 2 is 1.96 bits per heavy atom. The summed E-state index contributed by atoms with van der Waals surface area (Å²) in [6.07, 6.45) is 6.42. The maximum absolute atomic E-state index is 12.5. The van der Waals surface area contributed by atoms with E-state index >= 15 is 0 Å². The lowest BCUT2D eigenvalue weighted by atomic mass is 9.94. The Bertz CT molecular complexity index is 432. The molecule has 0 aromatic carbocycles. The molecular formula is C17H31N3O2S. The number of nitrogens with zero attached hydrogens (tertiary/aromatic N) is 2. The zero-order valence-electron chi connectivity index (χ0n) is 14.9. The van der Waals surface area contributed by atoms with Gasteiger partial charge in [0.25, 0.3) is 0 Å². The second kappa shape index (κ2) is 7.88. The van der Waals surface area contributed by atoms with Gasteiger partial charge in [0.15, 0.2) is 0 Å². The van der Waals surface area contributed by atoms with E-state index in [1.54, 1.807) is 11.8 Å². The predicted octanol–water partition coefficient (Wildman–Crippen LogP) is 1.92. The van der Waals surface area contributed by atoms with E-state index < -0.39 is 0 Å². The van der Waals surface area contributed by atoms with Gasteiger partial charge in [-0.3, -0.25) is 14.9 Å². The summed E-state index contributed by atoms with van der Waals surface area (Å²) in [5.41, 5.74) is -0.245. The van der Waals surface area contributed by atoms with Gasteiger partial charge in [-0.1, -0.05) is 13.8 Å². The number of carbonyl (C=O) groups excluding carboxylic acids is 2. The molecule has 2 fully saturated rings. The summed E-state index contributed by atoms with van der Waals surface area (Å²) in [7, 11) is 1.91. The van der Waals surface area contributed by atoms with E-state index in [9.17, 15) is 9.59 Å². The van der Waals surface area contributed by atoms with Gasteiger partial charge in [0.05, 0.1) is 11.7 Å². The quantitative estimate of drug-likeness (QED) is 0.802. The third-order valence-electron chi connectivity index (χ3n) is 5.56. The molecule has 5 nitrogen and oxygen atoms in total. The maximum Gasteiger partial charge on any atom is 0.241 e. The molecule has 1 spiro atoms. The van der Waals surface area contributed by atoms with Crippen LogP contribution in [0.5, 0.6) is 0 Å². The highest BCUT2D eigenvalue weighted by Crippen LogP contribution is 2.32. The summed E-state index contributed by atoms with van der Waals surface area (Å²) in [6.45, 7) is 5.65. The standard InChI is InChI=1S/C17H31N3O2S/c1-5-13(6-2)15(21)20-10-8-17(9-11-20)18-14(7-12-23-4)16(22)19(17)3/h13-14,18H,5-12H2,1-4H3. The van der Waals surface area contributed by atoms with Crippen molar-refractivity contribution in [3.05, 3.63) is 0 Å². The molecule has 0 aliphatic carbocycles. The van der Waals surface area contributed by atoms with E-state index in [1.165, 1.54) is 0 Å². The highest BCUT2D eigenvalue weighted by molar-refractivity contribution is 7.98. The average molecular weight is 342 g/mol. The van der Waals surface area contributed by atoms with Crippen LogP contribution < -0.4 is 5.32 Å². The number of thioether (sulfide) groups is 1. The lowest BCUT2D eigenvalue weighted by Crippen LogP contribution is -2.59. The van der Waals surface area contributed by atoms with Gasteiger partial charge < -0.3 is 9.80 Å². The van der Waals surface area contributed by atoms with Crippen LogP contribution in [-0.2, 0) is 9.59 Å². The summed E-state index contributed by atoms with van der Waals surface area (Å²) >= 11 is 1.78. The van der Waals surface area contributed by atoms with E-state index in [1.807, 2.05) is 16.8 Å². The first-order valence-electron chi connectivity index (χ1n) is 8.82. The van der Waals surface area contributed by atoms with Gasteiger partial charge in [-0.25, -0.2) is 0 Å². The first-order valence-corrected chi connectivity index (χ1v) is 10.2. The first-order chi connectivity index (χ1) is 11.0. The number of hydrogen-bond acceptors (Lipinski definition) is 4. The minimum atomic E-state index is -0.245. The summed E-state index contributed by atoms with van der Waals surface area (Å²) in [6, 6.07) is -0.0614. The largest absolute Gasteiger partial charge is 0.342 e. The van der Waals surface area contributed by atoms with Crippen LogP contribution in [0, 0.1) is 5.92 Å². The normalized spacial score (nSPS) is 24.0. The third kappa shape index (κ3) is 3.68. The Morgan fingerprint density at radius 1 is 1.35 bits per heavy atom. The van der Waals surface area contributed by atoms with E-state index in [-0.39, 0.29) is 29.4 Å². The Balaban J connectivity index is 1.97. The fourth-order valence-corrected chi connectivity index (χ4v) is 4.30. The van der Waals surface area contributed by atoms with Crippen molar-refractivity contribution in [3.8, 4) is 0 Å². The van der Waals surface area contributed by atoms with Crippen LogP contribution in [0.25, 0.3) is 0 Å². The molecule has 2 heterocycles. The molecule has 2 rings (SSSR count). The SMILES string of the molecule is CCC(CC)C(=O)N1CCC2(CC1)NC(CCSC)C(=O)N2C. The molecule has 23 heavy (non-hydrogen) atoms. The Hall–Kier alpha value is -0.750. The zero-order valence-corrected chi connectivity index (χ0v) is 15.7. The van der Waals surface area contributed by atoms with Crippen molar-refractivity contribution in [1.82, 2.24) is 15.1 Å². The van der Waals surface area contributed by atoms with Gasteiger partial charge in [0.1, 0.15) is 0 Å². The van der Waals surface area contributed by atoms with Gasteiger partial charge in [-0.05, 0) is 31.3 Å². The Kier molecular flexibility index (Phi) is 6.37. The van der Waals surface area contributed by atoms with Gasteiger partial charge in [-0.15, -0.1) is 0 Å². The fourth-order valence-electron chi connectivity index (χ4n) is 3.83.